The minimum atomic E-state index is -0.151. The van der Waals surface area contributed by atoms with Crippen LogP contribution in [0.15, 0.2) is 53.7 Å². The van der Waals surface area contributed by atoms with Crippen LogP contribution in [0.5, 0.6) is 5.75 Å². The fraction of sp³-hybridized carbons (Fsp3) is 0.238. The van der Waals surface area contributed by atoms with Gasteiger partial charge in [-0.25, -0.2) is 4.98 Å². The normalized spacial score (nSPS) is 11.1. The lowest BCUT2D eigenvalue weighted by molar-refractivity contribution is -0.113. The Bertz CT molecular complexity index is 1170. The number of hydrogen-bond donors (Lipinski definition) is 1. The molecule has 8 heteroatoms. The average molecular weight is 407 g/mol. The highest BCUT2D eigenvalue weighted by atomic mass is 32.2. The van der Waals surface area contributed by atoms with E-state index in [1.54, 1.807) is 0 Å². The smallest absolute Gasteiger partial charge is 0.234 e. The lowest BCUT2D eigenvalue weighted by Gasteiger charge is -2.10. The zero-order chi connectivity index (χ0) is 20.2. The van der Waals surface area contributed by atoms with E-state index in [4.69, 9.17) is 4.74 Å². The number of anilines is 1. The molecule has 0 aliphatic rings. The summed E-state index contributed by atoms with van der Waals surface area (Å²) in [5.74, 6) is 0.682. The summed E-state index contributed by atoms with van der Waals surface area (Å²) < 4.78 is 7.66. The number of aryl methyl sites for hydroxylation is 1. The van der Waals surface area contributed by atoms with Crippen molar-refractivity contribution in [2.24, 2.45) is 0 Å². The molecule has 0 aliphatic heterocycles. The van der Waals surface area contributed by atoms with Gasteiger partial charge in [-0.1, -0.05) is 42.1 Å². The number of amides is 1. The number of rotatable bonds is 7. The Morgan fingerprint density at radius 3 is 2.72 bits per heavy atom. The molecule has 29 heavy (non-hydrogen) atoms. The maximum atomic E-state index is 12.4. The number of carbonyl (C=O) groups excluding carboxylic acids is 1. The van der Waals surface area contributed by atoms with Gasteiger partial charge in [0.2, 0.25) is 11.1 Å². The first-order chi connectivity index (χ1) is 14.2. The van der Waals surface area contributed by atoms with Crippen molar-refractivity contribution in [1.29, 1.82) is 0 Å². The second-order valence-corrected chi connectivity index (χ2v) is 7.24. The number of nitrogens with zero attached hydrogens (tertiary/aromatic N) is 4. The zero-order valence-corrected chi connectivity index (χ0v) is 17.1. The Morgan fingerprint density at radius 2 is 1.90 bits per heavy atom. The molecule has 0 radical (unpaired) electrons. The van der Waals surface area contributed by atoms with Crippen molar-refractivity contribution in [1.82, 2.24) is 19.7 Å². The molecule has 2 aromatic carbocycles. The van der Waals surface area contributed by atoms with E-state index in [1.165, 1.54) is 11.8 Å². The summed E-state index contributed by atoms with van der Waals surface area (Å²) in [7, 11) is 0. The Labute approximate surface area is 172 Å². The van der Waals surface area contributed by atoms with E-state index in [1.807, 2.05) is 49.4 Å². The predicted octanol–water partition coefficient (Wildman–Crippen LogP) is 4.13. The number of carbonyl (C=O) groups is 1. The number of benzene rings is 2. The Hall–Kier alpha value is -3.13. The van der Waals surface area contributed by atoms with Gasteiger partial charge in [0.05, 0.1) is 23.6 Å². The third-order valence-electron chi connectivity index (χ3n) is 4.46. The van der Waals surface area contributed by atoms with E-state index >= 15 is 0 Å². The highest BCUT2D eigenvalue weighted by Gasteiger charge is 2.15. The second kappa shape index (κ2) is 8.48. The molecule has 2 heterocycles. The topological polar surface area (TPSA) is 81.9 Å². The van der Waals surface area contributed by atoms with Crippen molar-refractivity contribution in [3.63, 3.8) is 0 Å². The van der Waals surface area contributed by atoms with Gasteiger partial charge in [-0.2, -0.15) is 0 Å². The van der Waals surface area contributed by atoms with Gasteiger partial charge in [-0.3, -0.25) is 4.79 Å². The third-order valence-corrected chi connectivity index (χ3v) is 5.30. The second-order valence-electron chi connectivity index (χ2n) is 6.29. The van der Waals surface area contributed by atoms with E-state index in [0.29, 0.717) is 23.2 Å². The van der Waals surface area contributed by atoms with Gasteiger partial charge in [0.15, 0.2) is 5.65 Å². The van der Waals surface area contributed by atoms with Crippen molar-refractivity contribution in [3.05, 3.63) is 48.5 Å². The van der Waals surface area contributed by atoms with E-state index in [2.05, 4.69) is 38.1 Å². The van der Waals surface area contributed by atoms with E-state index < -0.39 is 0 Å². The van der Waals surface area contributed by atoms with Gasteiger partial charge in [-0.15, -0.1) is 10.2 Å². The zero-order valence-electron chi connectivity index (χ0n) is 16.3. The van der Waals surface area contributed by atoms with Gasteiger partial charge < -0.3 is 14.6 Å². The van der Waals surface area contributed by atoms with Gasteiger partial charge in [0, 0.05) is 11.9 Å². The highest BCUT2D eigenvalue weighted by Crippen LogP contribution is 2.27. The minimum absolute atomic E-state index is 0.151. The molecule has 4 rings (SSSR count). The molecule has 0 spiro atoms. The lowest BCUT2D eigenvalue weighted by Crippen LogP contribution is -2.15. The molecule has 0 saturated heterocycles. The standard InChI is InChI=1S/C21H21N5O2S/c1-3-26-16-11-7-5-9-14(16)19-20(26)23-21(25-24-19)29-13-18(27)22-15-10-6-8-12-17(15)28-4-2/h5-12H,3-4,13H2,1-2H3,(H,22,27). The van der Waals surface area contributed by atoms with Crippen LogP contribution in [0, 0.1) is 0 Å². The van der Waals surface area contributed by atoms with Crippen LogP contribution < -0.4 is 10.1 Å². The summed E-state index contributed by atoms with van der Waals surface area (Å²) in [4.78, 5) is 17.1. The van der Waals surface area contributed by atoms with Crippen LogP contribution in [-0.2, 0) is 11.3 Å². The van der Waals surface area contributed by atoms with Crippen molar-refractivity contribution in [2.45, 2.75) is 25.5 Å². The fourth-order valence-corrected chi connectivity index (χ4v) is 3.82. The largest absolute Gasteiger partial charge is 0.492 e. The van der Waals surface area contributed by atoms with Crippen LogP contribution in [0.4, 0.5) is 5.69 Å². The Balaban J connectivity index is 1.51. The summed E-state index contributed by atoms with van der Waals surface area (Å²) in [5.41, 5.74) is 3.30. The molecule has 148 valence electrons. The summed E-state index contributed by atoms with van der Waals surface area (Å²) in [5, 5.41) is 13.0. The number of fused-ring (bicyclic) bond motifs is 3. The molecule has 1 N–H and O–H groups in total. The highest BCUT2D eigenvalue weighted by molar-refractivity contribution is 7.99. The van der Waals surface area contributed by atoms with Crippen molar-refractivity contribution in [3.8, 4) is 5.75 Å². The Kier molecular flexibility index (Phi) is 5.62. The number of aromatic nitrogens is 4. The first-order valence-corrected chi connectivity index (χ1v) is 10.5. The first kappa shape index (κ1) is 19.2. The molecular formula is C21H21N5O2S. The number of hydrogen-bond acceptors (Lipinski definition) is 6. The van der Waals surface area contributed by atoms with Crippen molar-refractivity contribution >= 4 is 45.4 Å². The van der Waals surface area contributed by atoms with Gasteiger partial charge >= 0.3 is 0 Å². The molecule has 2 aromatic heterocycles. The minimum Gasteiger partial charge on any atom is -0.492 e. The molecule has 0 unspecified atom stereocenters. The van der Waals surface area contributed by atoms with Crippen LogP contribution in [0.25, 0.3) is 22.1 Å². The van der Waals surface area contributed by atoms with Crippen LogP contribution in [0.1, 0.15) is 13.8 Å². The van der Waals surface area contributed by atoms with E-state index in [9.17, 15) is 4.79 Å². The molecule has 0 aliphatic carbocycles. The number of ether oxygens (including phenoxy) is 1. The van der Waals surface area contributed by atoms with Gasteiger partial charge in [0.1, 0.15) is 11.3 Å². The summed E-state index contributed by atoms with van der Waals surface area (Å²) >= 11 is 1.26. The SMILES string of the molecule is CCOc1ccccc1NC(=O)CSc1nnc2c3ccccc3n(CC)c2n1. The maximum absolute atomic E-state index is 12.4. The number of para-hydroxylation sites is 3. The molecule has 0 atom stereocenters. The van der Waals surface area contributed by atoms with Crippen LogP contribution in [0.3, 0.4) is 0 Å². The molecule has 0 bridgehead atoms. The molecule has 1 amide bonds. The summed E-state index contributed by atoms with van der Waals surface area (Å²) in [6.07, 6.45) is 0. The van der Waals surface area contributed by atoms with E-state index in [0.717, 1.165) is 28.6 Å². The van der Waals surface area contributed by atoms with Crippen LogP contribution in [-0.4, -0.2) is 38.0 Å². The first-order valence-electron chi connectivity index (χ1n) is 9.47. The number of nitrogens with one attached hydrogen (secondary N) is 1. The monoisotopic (exact) mass is 407 g/mol. The Morgan fingerprint density at radius 1 is 1.10 bits per heavy atom. The number of thioether (sulfide) groups is 1. The molecular weight excluding hydrogens is 386 g/mol. The summed E-state index contributed by atoms with van der Waals surface area (Å²) in [6.45, 7) is 5.29. The molecule has 4 aromatic rings. The molecule has 0 fully saturated rings. The van der Waals surface area contributed by atoms with Crippen molar-refractivity contribution < 1.29 is 9.53 Å². The lowest BCUT2D eigenvalue weighted by atomic mass is 10.2. The predicted molar refractivity (Wildman–Crippen MR) is 115 cm³/mol. The third kappa shape index (κ3) is 3.88. The molecule has 7 nitrogen and oxygen atoms in total. The van der Waals surface area contributed by atoms with Crippen LogP contribution in [0.2, 0.25) is 0 Å². The summed E-state index contributed by atoms with van der Waals surface area (Å²) in [6, 6.07) is 15.4. The molecule has 0 saturated carbocycles. The van der Waals surface area contributed by atoms with Crippen molar-refractivity contribution in [2.75, 3.05) is 17.7 Å². The van der Waals surface area contributed by atoms with Gasteiger partial charge in [-0.05, 0) is 32.0 Å². The maximum Gasteiger partial charge on any atom is 0.234 e. The fourth-order valence-electron chi connectivity index (χ4n) is 3.24. The average Bonchev–Trinajstić information content (AvgIpc) is 3.07. The van der Waals surface area contributed by atoms with E-state index in [-0.39, 0.29) is 11.7 Å². The quantitative estimate of drug-likeness (QED) is 0.464. The van der Waals surface area contributed by atoms with Gasteiger partial charge in [0.25, 0.3) is 0 Å². The van der Waals surface area contributed by atoms with Crippen LogP contribution >= 0.6 is 11.8 Å².